The van der Waals surface area contributed by atoms with Crippen LogP contribution in [0, 0.1) is 5.92 Å². The molecule has 90 heavy (non-hydrogen) atoms. The number of amides is 8. The molecule has 5 aliphatic rings. The van der Waals surface area contributed by atoms with Crippen LogP contribution in [-0.4, -0.2) is 230 Å². The molecule has 32 heteroatoms. The molecule has 8 amide bonds. The molecule has 3 aromatic carbocycles. The number of phenols is 1. The molecule has 0 spiro atoms. The van der Waals surface area contributed by atoms with Crippen LogP contribution in [0.15, 0.2) is 66.7 Å². The van der Waals surface area contributed by atoms with Gasteiger partial charge in [0.05, 0.1) is 36.9 Å². The minimum absolute atomic E-state index is 0. The molecule has 30 nitrogen and oxygen atoms in total. The first-order valence-electron chi connectivity index (χ1n) is 29.4. The number of aromatic hydroxyl groups is 1. The predicted octanol–water partition coefficient (Wildman–Crippen LogP) is -7.08. The Labute approximate surface area is 540 Å². The number of hydrogen-bond donors (Lipinski definition) is 14. The van der Waals surface area contributed by atoms with Gasteiger partial charge in [0, 0.05) is 81.5 Å². The molecule has 4 aliphatic heterocycles. The zero-order chi connectivity index (χ0) is 64.8. The number of rotatable bonds is 14. The van der Waals surface area contributed by atoms with Crippen LogP contribution in [0.3, 0.4) is 0 Å². The normalized spacial score (nSPS) is 27.7. The first kappa shape index (κ1) is 70.7. The van der Waals surface area contributed by atoms with Crippen LogP contribution in [0.2, 0.25) is 0 Å². The molecule has 0 aromatic heterocycles. The molecular weight excluding hydrogens is 1210 g/mol. The number of nitrogens with zero attached hydrogens (tertiary/aromatic N) is 4. The van der Waals surface area contributed by atoms with Gasteiger partial charge in [0.25, 0.3) is 16.3 Å². The minimum Gasteiger partial charge on any atom is -0.716 e. The molecule has 4 saturated heterocycles. The van der Waals surface area contributed by atoms with Crippen LogP contribution >= 0.6 is 0 Å². The molecule has 5 unspecified atom stereocenters. The molecule has 1 saturated carbocycles. The number of piperazine rings is 1. The number of carbonyl (C=O) groups is 8. The van der Waals surface area contributed by atoms with Crippen molar-refractivity contribution >= 4 is 69.0 Å². The number of primary amides is 1. The van der Waals surface area contributed by atoms with Crippen LogP contribution in [0.25, 0.3) is 0 Å². The average molecular weight is 1290 g/mol. The van der Waals surface area contributed by atoms with Gasteiger partial charge in [-0.3, -0.25) is 38.4 Å². The first-order chi connectivity index (χ1) is 42.1. The smallest absolute Gasteiger partial charge is 0.716 e. The van der Waals surface area contributed by atoms with E-state index in [2.05, 4.69) is 64.8 Å². The van der Waals surface area contributed by atoms with Crippen molar-refractivity contribution in [1.82, 2.24) is 36.4 Å². The van der Waals surface area contributed by atoms with Crippen molar-refractivity contribution in [2.45, 2.75) is 150 Å². The van der Waals surface area contributed by atoms with E-state index >= 15 is 0 Å². The summed E-state index contributed by atoms with van der Waals surface area (Å²) in [5.41, 5.74) is 8.13. The van der Waals surface area contributed by atoms with Crippen molar-refractivity contribution in [1.29, 1.82) is 0 Å². The van der Waals surface area contributed by atoms with Crippen LogP contribution in [0.5, 0.6) is 11.5 Å². The van der Waals surface area contributed by atoms with Crippen LogP contribution in [0.4, 0.5) is 11.4 Å². The number of anilines is 2. The Hall–Kier alpha value is -6.75. The summed E-state index contributed by atoms with van der Waals surface area (Å²) in [6, 6.07) is 4.98. The summed E-state index contributed by atoms with van der Waals surface area (Å²) in [6.07, 6.45) is -10.4. The summed E-state index contributed by atoms with van der Waals surface area (Å²) in [7, 11) is -5.58. The maximum absolute atomic E-state index is 14.7. The van der Waals surface area contributed by atoms with Crippen LogP contribution in [0.1, 0.15) is 98.7 Å². The van der Waals surface area contributed by atoms with Gasteiger partial charge in [-0.25, -0.2) is 8.42 Å². The Morgan fingerprint density at radius 2 is 1.31 bits per heavy atom. The van der Waals surface area contributed by atoms with Crippen LogP contribution < -0.4 is 75.9 Å². The second-order valence-corrected chi connectivity index (χ2v) is 24.5. The zero-order valence-corrected chi connectivity index (χ0v) is 52.7. The third-order valence-corrected chi connectivity index (χ3v) is 17.4. The number of nitrogens with two attached hydrogens (primary N) is 1. The molecule has 14 atom stereocenters. The number of aliphatic hydroxyl groups excluding tert-OH is 7. The van der Waals surface area contributed by atoms with Gasteiger partial charge in [0.1, 0.15) is 48.5 Å². The van der Waals surface area contributed by atoms with Gasteiger partial charge in [-0.1, -0.05) is 44.4 Å². The van der Waals surface area contributed by atoms with Gasteiger partial charge in [0.2, 0.25) is 41.4 Å². The summed E-state index contributed by atoms with van der Waals surface area (Å²) in [5.74, 6) is -12.5. The first-order valence-corrected chi connectivity index (χ1v) is 30.8. The van der Waals surface area contributed by atoms with Gasteiger partial charge >= 0.3 is 29.6 Å². The molecular formula is C58H77N10NaO20S. The van der Waals surface area contributed by atoms with E-state index in [1.807, 2.05) is 0 Å². The third kappa shape index (κ3) is 17.2. The number of fused-ring (bicyclic) bond motifs is 2. The monoisotopic (exact) mass is 1290 g/mol. The van der Waals surface area contributed by atoms with Gasteiger partial charge in [-0.15, -0.1) is 0 Å². The Bertz CT molecular complexity index is 3190. The maximum Gasteiger partial charge on any atom is 1.00 e. The fourth-order valence-corrected chi connectivity index (χ4v) is 12.5. The van der Waals surface area contributed by atoms with E-state index in [0.29, 0.717) is 40.9 Å². The Balaban J connectivity index is 0.0000115. The second kappa shape index (κ2) is 30.6. The van der Waals surface area contributed by atoms with Crippen molar-refractivity contribution in [2.75, 3.05) is 55.6 Å². The maximum atomic E-state index is 14.7. The van der Waals surface area contributed by atoms with E-state index in [1.54, 1.807) is 12.1 Å². The molecule has 5 fully saturated rings. The van der Waals surface area contributed by atoms with Crippen LogP contribution in [-0.2, 0) is 44.0 Å². The van der Waals surface area contributed by atoms with E-state index < -0.39 is 199 Å². The van der Waals surface area contributed by atoms with E-state index in [-0.39, 0.29) is 35.1 Å². The molecule has 486 valence electrons. The van der Waals surface area contributed by atoms with Crippen molar-refractivity contribution in [3.8, 4) is 11.5 Å². The summed E-state index contributed by atoms with van der Waals surface area (Å²) < 4.78 is 38.6. The third-order valence-electron chi connectivity index (χ3n) is 17.1. The van der Waals surface area contributed by atoms with E-state index in [0.717, 1.165) is 37.5 Å². The number of aliphatic hydroxyl groups is 7. The molecule has 4 heterocycles. The SMILES string of the molecule is C[C@H](O)C1NC(=O)[C@@H](NC(=O)c2ccc(N3CCN(c4ccc(C5CCCCC5)cc4)CC3)cc2)C[C@@H](O)CNC(=O)C2[C@@H](O)[C@@H](C)CN2C(=O)C([C@H](O)CC(N)=O)NC(=O)C([C@H](O)[C@@H](O)c2ccc(O)c(OS(=O)(=O)[O-])c2)NC(=O)C2C[C@@H](O)CN2C1=O.[Na+]. The van der Waals surface area contributed by atoms with Gasteiger partial charge in [-0.2, -0.15) is 0 Å². The number of benzene rings is 3. The van der Waals surface area contributed by atoms with Crippen molar-refractivity contribution in [3.63, 3.8) is 0 Å². The molecule has 15 N–H and O–H groups in total. The molecule has 0 bridgehead atoms. The molecule has 3 aromatic rings. The number of nitrogens with one attached hydrogen (secondary N) is 5. The summed E-state index contributed by atoms with van der Waals surface area (Å²) in [4.78, 5) is 119. The largest absolute Gasteiger partial charge is 1.00 e. The predicted molar refractivity (Wildman–Crippen MR) is 312 cm³/mol. The fraction of sp³-hybridized carbons (Fsp3) is 0.552. The Morgan fingerprint density at radius 3 is 1.90 bits per heavy atom. The number of phenolic OH excluding ortho intramolecular Hbond substituents is 1. The van der Waals surface area contributed by atoms with E-state index in [4.69, 9.17) is 5.73 Å². The summed E-state index contributed by atoms with van der Waals surface area (Å²) in [6.45, 7) is 3.41. The number of carbonyl (C=O) groups excluding carboxylic acids is 8. The fourth-order valence-electron chi connectivity index (χ4n) is 12.2. The molecule has 8 rings (SSSR count). The van der Waals surface area contributed by atoms with Gasteiger partial charge < -0.3 is 102 Å². The van der Waals surface area contributed by atoms with E-state index in [1.165, 1.54) is 56.7 Å². The average Bonchev–Trinajstić information content (AvgIpc) is 2.00. The van der Waals surface area contributed by atoms with Crippen molar-refractivity contribution < 1.29 is 126 Å². The van der Waals surface area contributed by atoms with Crippen molar-refractivity contribution in [3.05, 3.63) is 83.4 Å². The summed E-state index contributed by atoms with van der Waals surface area (Å²) in [5, 5.41) is 101. The quantitative estimate of drug-likeness (QED) is 0.0405. The minimum atomic E-state index is -5.58. The topological polar surface area (TPSA) is 464 Å². The van der Waals surface area contributed by atoms with Crippen molar-refractivity contribution in [2.24, 2.45) is 11.7 Å². The Kier molecular flexibility index (Phi) is 24.0. The number of β-amino-alcohol motifs (C(OH)–C–C–N with tert-alkyl or cyclic N) is 1. The standard InChI is InChI=1S/C58H78N10O20S.Na/c1-29-27-68-48(49(29)75)56(82)60-26-37(70)23-39(61-52(78)33-10-15-36(16-11-33)66-20-18-65(19-21-66)35-13-8-32(9-14-35)31-6-4-3-5-7-31)53(79)62-45(30(2)69)57(83)67-28-38(71)24-40(67)54(80)64-47(55(81)63-46(58(68)84)42(73)25-44(59)74)51(77)50(76)34-12-17-41(72)43(22-34)88-89(85,86)87;/h8-17,22,29-31,37-40,42,45-51,69-73,75-77H,3-7,18-21,23-28H2,1-2H3,(H2,59,74)(H,60,82)(H,61,78)(H,62,79)(H,63,81)(H,64,80)(H,85,86,87);/q;+1/p-1/t29-,30-,37+,38+,39-,40?,42+,45?,46?,47?,48?,49-,50-,51-;/m0./s1. The molecule has 0 radical (unpaired) electrons. The van der Waals surface area contributed by atoms with E-state index in [9.17, 15) is 92.2 Å². The molecule has 1 aliphatic carbocycles. The Morgan fingerprint density at radius 1 is 0.733 bits per heavy atom. The number of hydrogen-bond acceptors (Lipinski definition) is 22. The second-order valence-electron chi connectivity index (χ2n) is 23.5. The zero-order valence-electron chi connectivity index (χ0n) is 49.9. The van der Waals surface area contributed by atoms with Gasteiger partial charge in [-0.05, 0) is 85.3 Å². The summed E-state index contributed by atoms with van der Waals surface area (Å²) >= 11 is 0. The van der Waals surface area contributed by atoms with Gasteiger partial charge in [0.15, 0.2) is 11.5 Å².